The number of carbonyl (C=O) groups is 1. The van der Waals surface area contributed by atoms with E-state index in [-0.39, 0.29) is 5.91 Å². The lowest BCUT2D eigenvalue weighted by Crippen LogP contribution is -2.46. The van der Waals surface area contributed by atoms with Crippen molar-refractivity contribution in [3.63, 3.8) is 0 Å². The summed E-state index contributed by atoms with van der Waals surface area (Å²) in [6.45, 7) is 6.99. The number of fused-ring (bicyclic) bond motifs is 1. The Morgan fingerprint density at radius 3 is 2.03 bits per heavy atom. The number of nitrogens with zero attached hydrogens (tertiary/aromatic N) is 3. The molecule has 1 saturated carbocycles. The van der Waals surface area contributed by atoms with Gasteiger partial charge in [0.05, 0.1) is 0 Å². The van der Waals surface area contributed by atoms with Crippen LogP contribution in [0.3, 0.4) is 0 Å². The van der Waals surface area contributed by atoms with Crippen LogP contribution in [-0.4, -0.2) is 55.0 Å². The lowest BCUT2D eigenvalue weighted by Gasteiger charge is -2.37. The molecule has 2 aliphatic heterocycles. The van der Waals surface area contributed by atoms with Gasteiger partial charge in [-0.2, -0.15) is 0 Å². The minimum atomic E-state index is 0.252. The topological polar surface area (TPSA) is 26.8 Å². The molecule has 204 valence electrons. The van der Waals surface area contributed by atoms with E-state index >= 15 is 0 Å². The van der Waals surface area contributed by atoms with Gasteiger partial charge >= 0.3 is 0 Å². The Morgan fingerprint density at radius 2 is 1.38 bits per heavy atom. The number of benzene rings is 3. The minimum Gasteiger partial charge on any atom is -0.369 e. The standard InChI is InChI=1S/C35H43N3O/c39-35-34-25-32(18-17-31(34)27-38(35)26-28-11-5-1-2-6-12-28)37-23-21-36(22-24-37)20-19-33(29-13-7-3-8-14-29)30-15-9-4-10-16-30/h3-4,7-10,13-18,25,28,33H,1-2,5-6,11-12,19-24,26-27H2. The fourth-order valence-electron chi connectivity index (χ4n) is 6.99. The first-order valence-corrected chi connectivity index (χ1v) is 15.2. The normalized spacial score (nSPS) is 18.9. The molecule has 4 heteroatoms. The maximum atomic E-state index is 13.3. The van der Waals surface area contributed by atoms with Crippen LogP contribution in [0.2, 0.25) is 0 Å². The van der Waals surface area contributed by atoms with Gasteiger partial charge in [-0.15, -0.1) is 0 Å². The number of amides is 1. The fraction of sp³-hybridized carbons (Fsp3) is 0.457. The average molecular weight is 522 g/mol. The zero-order valence-corrected chi connectivity index (χ0v) is 23.3. The van der Waals surface area contributed by atoms with E-state index in [0.717, 1.165) is 57.8 Å². The van der Waals surface area contributed by atoms with Crippen molar-refractivity contribution in [3.05, 3.63) is 101 Å². The van der Waals surface area contributed by atoms with Crippen molar-refractivity contribution in [1.29, 1.82) is 0 Å². The first-order valence-electron chi connectivity index (χ1n) is 15.2. The Labute approximate surface area is 234 Å². The second kappa shape index (κ2) is 12.4. The number of carbonyl (C=O) groups excluding carboxylic acids is 1. The lowest BCUT2D eigenvalue weighted by atomic mass is 9.88. The molecule has 0 aromatic heterocycles. The van der Waals surface area contributed by atoms with Gasteiger partial charge in [0.1, 0.15) is 0 Å². The number of hydrogen-bond donors (Lipinski definition) is 0. The predicted octanol–water partition coefficient (Wildman–Crippen LogP) is 6.96. The van der Waals surface area contributed by atoms with Gasteiger partial charge in [-0.1, -0.05) is 92.4 Å². The molecule has 3 aromatic rings. The largest absolute Gasteiger partial charge is 0.369 e. The van der Waals surface area contributed by atoms with E-state index in [9.17, 15) is 4.79 Å². The second-order valence-electron chi connectivity index (χ2n) is 11.9. The molecule has 1 saturated heterocycles. The summed E-state index contributed by atoms with van der Waals surface area (Å²) in [7, 11) is 0. The van der Waals surface area contributed by atoms with Gasteiger partial charge in [0.2, 0.25) is 0 Å². The van der Waals surface area contributed by atoms with Gasteiger partial charge in [0.15, 0.2) is 0 Å². The molecule has 2 heterocycles. The van der Waals surface area contributed by atoms with Gasteiger partial charge in [-0.3, -0.25) is 9.69 Å². The highest BCUT2D eigenvalue weighted by molar-refractivity contribution is 5.99. The number of anilines is 1. The lowest BCUT2D eigenvalue weighted by molar-refractivity contribution is 0.0746. The van der Waals surface area contributed by atoms with Gasteiger partial charge in [-0.25, -0.2) is 0 Å². The summed E-state index contributed by atoms with van der Waals surface area (Å²) in [5.74, 6) is 1.36. The van der Waals surface area contributed by atoms with E-state index in [1.165, 1.54) is 60.9 Å². The highest BCUT2D eigenvalue weighted by atomic mass is 16.2. The van der Waals surface area contributed by atoms with Crippen LogP contribution in [0.25, 0.3) is 0 Å². The molecule has 3 aliphatic rings. The van der Waals surface area contributed by atoms with Crippen LogP contribution in [-0.2, 0) is 6.54 Å². The molecule has 1 amide bonds. The molecular formula is C35H43N3O. The first-order chi connectivity index (χ1) is 19.2. The van der Waals surface area contributed by atoms with Gasteiger partial charge in [0.25, 0.3) is 5.91 Å². The highest BCUT2D eigenvalue weighted by Gasteiger charge is 2.30. The molecular weight excluding hydrogens is 478 g/mol. The summed E-state index contributed by atoms with van der Waals surface area (Å²) < 4.78 is 0. The van der Waals surface area contributed by atoms with E-state index in [4.69, 9.17) is 0 Å². The Hall–Kier alpha value is -3.11. The van der Waals surface area contributed by atoms with Gasteiger partial charge in [0, 0.05) is 56.4 Å². The molecule has 0 bridgehead atoms. The van der Waals surface area contributed by atoms with Crippen molar-refractivity contribution < 1.29 is 4.79 Å². The summed E-state index contributed by atoms with van der Waals surface area (Å²) >= 11 is 0. The van der Waals surface area contributed by atoms with Crippen molar-refractivity contribution in [2.45, 2.75) is 57.4 Å². The Kier molecular flexibility index (Phi) is 8.30. The first kappa shape index (κ1) is 26.1. The Morgan fingerprint density at radius 1 is 0.744 bits per heavy atom. The van der Waals surface area contributed by atoms with Crippen LogP contribution in [0.5, 0.6) is 0 Å². The van der Waals surface area contributed by atoms with Crippen molar-refractivity contribution in [2.75, 3.05) is 44.2 Å². The van der Waals surface area contributed by atoms with Crippen LogP contribution < -0.4 is 4.90 Å². The third-order valence-corrected chi connectivity index (χ3v) is 9.30. The molecule has 3 aromatic carbocycles. The summed E-state index contributed by atoms with van der Waals surface area (Å²) in [6.07, 6.45) is 9.08. The Bertz CT molecular complexity index is 1170. The van der Waals surface area contributed by atoms with Gasteiger partial charge in [-0.05, 0) is 60.5 Å². The number of piperazine rings is 1. The quantitative estimate of drug-likeness (QED) is 0.300. The summed E-state index contributed by atoms with van der Waals surface area (Å²) in [5.41, 5.74) is 6.17. The van der Waals surface area contributed by atoms with Crippen molar-refractivity contribution in [2.24, 2.45) is 5.92 Å². The van der Waals surface area contributed by atoms with Crippen LogP contribution in [0, 0.1) is 5.92 Å². The zero-order chi connectivity index (χ0) is 26.4. The molecule has 4 nitrogen and oxygen atoms in total. The summed E-state index contributed by atoms with van der Waals surface area (Å²) in [5, 5.41) is 0. The molecule has 0 atom stereocenters. The SMILES string of the molecule is O=C1c2cc(N3CCN(CCC(c4ccccc4)c4ccccc4)CC3)ccc2CN1CC1CCCCCC1. The molecule has 2 fully saturated rings. The van der Waals surface area contributed by atoms with Crippen LogP contribution in [0.15, 0.2) is 78.9 Å². The van der Waals surface area contributed by atoms with Crippen LogP contribution >= 0.6 is 0 Å². The van der Waals surface area contributed by atoms with E-state index < -0.39 is 0 Å². The average Bonchev–Trinajstić information content (AvgIpc) is 3.13. The number of rotatable bonds is 8. The third-order valence-electron chi connectivity index (χ3n) is 9.30. The Balaban J connectivity index is 1.04. The minimum absolute atomic E-state index is 0.252. The molecule has 0 spiro atoms. The van der Waals surface area contributed by atoms with Gasteiger partial charge < -0.3 is 9.80 Å². The predicted molar refractivity (Wildman–Crippen MR) is 160 cm³/mol. The molecule has 6 rings (SSSR count). The number of hydrogen-bond acceptors (Lipinski definition) is 3. The maximum Gasteiger partial charge on any atom is 0.254 e. The third kappa shape index (κ3) is 6.22. The molecule has 0 N–H and O–H groups in total. The zero-order valence-electron chi connectivity index (χ0n) is 23.3. The van der Waals surface area contributed by atoms with E-state index in [1.807, 2.05) is 0 Å². The summed E-state index contributed by atoms with van der Waals surface area (Å²) in [4.78, 5) is 20.5. The van der Waals surface area contributed by atoms with Crippen molar-refractivity contribution in [1.82, 2.24) is 9.80 Å². The monoisotopic (exact) mass is 521 g/mol. The molecule has 0 radical (unpaired) electrons. The molecule has 39 heavy (non-hydrogen) atoms. The smallest absolute Gasteiger partial charge is 0.254 e. The highest BCUT2D eigenvalue weighted by Crippen LogP contribution is 2.32. The molecule has 0 unspecified atom stereocenters. The van der Waals surface area contributed by atoms with E-state index in [0.29, 0.717) is 11.8 Å². The van der Waals surface area contributed by atoms with Crippen molar-refractivity contribution in [3.8, 4) is 0 Å². The molecule has 1 aliphatic carbocycles. The fourth-order valence-corrected chi connectivity index (χ4v) is 6.99. The van der Waals surface area contributed by atoms with Crippen LogP contribution in [0.1, 0.15) is 77.9 Å². The van der Waals surface area contributed by atoms with Crippen molar-refractivity contribution >= 4 is 11.6 Å². The second-order valence-corrected chi connectivity index (χ2v) is 11.9. The maximum absolute atomic E-state index is 13.3. The van der Waals surface area contributed by atoms with Crippen LogP contribution in [0.4, 0.5) is 5.69 Å². The summed E-state index contributed by atoms with van der Waals surface area (Å²) in [6, 6.07) is 28.5. The van der Waals surface area contributed by atoms with E-state index in [1.54, 1.807) is 0 Å². The van der Waals surface area contributed by atoms with E-state index in [2.05, 4.69) is 93.6 Å².